The van der Waals surface area contributed by atoms with Gasteiger partial charge in [-0.15, -0.1) is 11.3 Å². The Morgan fingerprint density at radius 2 is 2.19 bits per heavy atom. The van der Waals surface area contributed by atoms with Crippen molar-refractivity contribution in [1.82, 2.24) is 9.62 Å². The van der Waals surface area contributed by atoms with Crippen LogP contribution in [0.1, 0.15) is 42.9 Å². The molecule has 0 saturated carbocycles. The van der Waals surface area contributed by atoms with Gasteiger partial charge in [-0.3, -0.25) is 0 Å². The molecule has 2 heterocycles. The van der Waals surface area contributed by atoms with E-state index >= 15 is 0 Å². The highest BCUT2D eigenvalue weighted by atomic mass is 32.2. The average Bonchev–Trinajstić information content (AvgIpc) is 2.87. The van der Waals surface area contributed by atoms with Gasteiger partial charge in [0.25, 0.3) is 0 Å². The van der Waals surface area contributed by atoms with Gasteiger partial charge < -0.3 is 5.32 Å². The molecule has 1 aromatic heterocycles. The fourth-order valence-electron chi connectivity index (χ4n) is 2.83. The van der Waals surface area contributed by atoms with Gasteiger partial charge in [0, 0.05) is 29.4 Å². The van der Waals surface area contributed by atoms with Crippen molar-refractivity contribution in [2.75, 3.05) is 19.6 Å². The molecule has 0 spiro atoms. The number of sulfonamides is 1. The topological polar surface area (TPSA) is 49.4 Å². The first-order chi connectivity index (χ1) is 9.98. The van der Waals surface area contributed by atoms with Gasteiger partial charge in [0.15, 0.2) is 0 Å². The lowest BCUT2D eigenvalue weighted by Crippen LogP contribution is -2.39. The molecule has 4 nitrogen and oxygen atoms in total. The summed E-state index contributed by atoms with van der Waals surface area (Å²) in [5.41, 5.74) is 0. The summed E-state index contributed by atoms with van der Waals surface area (Å²) in [6.45, 7) is 9.09. The van der Waals surface area contributed by atoms with Gasteiger partial charge in [-0.2, -0.15) is 4.31 Å². The second kappa shape index (κ2) is 7.22. The van der Waals surface area contributed by atoms with E-state index in [1.54, 1.807) is 15.6 Å². The smallest absolute Gasteiger partial charge is 0.244 e. The lowest BCUT2D eigenvalue weighted by Gasteiger charge is -2.31. The Labute approximate surface area is 132 Å². The zero-order valence-corrected chi connectivity index (χ0v) is 14.8. The molecule has 1 saturated heterocycles. The van der Waals surface area contributed by atoms with Crippen LogP contribution in [0.15, 0.2) is 11.0 Å². The predicted molar refractivity (Wildman–Crippen MR) is 88.2 cm³/mol. The van der Waals surface area contributed by atoms with Crippen molar-refractivity contribution in [1.29, 1.82) is 0 Å². The zero-order valence-electron chi connectivity index (χ0n) is 13.2. The second-order valence-electron chi connectivity index (χ2n) is 5.69. The maximum atomic E-state index is 12.9. The van der Waals surface area contributed by atoms with Gasteiger partial charge in [-0.25, -0.2) is 8.42 Å². The first-order valence-electron chi connectivity index (χ1n) is 7.79. The minimum absolute atomic E-state index is 0.508. The first kappa shape index (κ1) is 16.9. The van der Waals surface area contributed by atoms with Gasteiger partial charge >= 0.3 is 0 Å². The Morgan fingerprint density at radius 3 is 2.86 bits per heavy atom. The number of aryl methyl sites for hydroxylation is 1. The molecular formula is C15H26N2O2S2. The van der Waals surface area contributed by atoms with E-state index < -0.39 is 10.0 Å². The van der Waals surface area contributed by atoms with Crippen molar-refractivity contribution in [3.8, 4) is 0 Å². The van der Waals surface area contributed by atoms with Crippen LogP contribution in [0.3, 0.4) is 0 Å². The maximum Gasteiger partial charge on any atom is 0.244 e. The number of piperidine rings is 1. The molecule has 1 fully saturated rings. The normalized spacial score (nSPS) is 20.8. The van der Waals surface area contributed by atoms with Gasteiger partial charge in [-0.1, -0.05) is 20.3 Å². The first-order valence-corrected chi connectivity index (χ1v) is 10.0. The molecule has 1 aromatic rings. The summed E-state index contributed by atoms with van der Waals surface area (Å²) in [5, 5.41) is 3.25. The van der Waals surface area contributed by atoms with E-state index in [1.807, 2.05) is 13.0 Å². The molecule has 120 valence electrons. The molecule has 0 amide bonds. The van der Waals surface area contributed by atoms with Crippen LogP contribution in [0, 0.1) is 12.8 Å². The highest BCUT2D eigenvalue weighted by molar-refractivity contribution is 7.89. The fraction of sp³-hybridized carbons (Fsp3) is 0.733. The van der Waals surface area contributed by atoms with Gasteiger partial charge in [0.1, 0.15) is 0 Å². The molecular weight excluding hydrogens is 304 g/mol. The largest absolute Gasteiger partial charge is 0.312 e. The van der Waals surface area contributed by atoms with Gasteiger partial charge in [0.2, 0.25) is 10.0 Å². The molecule has 0 radical (unpaired) electrons. The minimum atomic E-state index is -3.32. The van der Waals surface area contributed by atoms with Crippen molar-refractivity contribution in [2.45, 2.75) is 51.5 Å². The van der Waals surface area contributed by atoms with Crippen LogP contribution in [0.2, 0.25) is 0 Å². The van der Waals surface area contributed by atoms with E-state index in [2.05, 4.69) is 19.2 Å². The van der Waals surface area contributed by atoms with Crippen molar-refractivity contribution in [2.24, 2.45) is 5.92 Å². The molecule has 21 heavy (non-hydrogen) atoms. The lowest BCUT2D eigenvalue weighted by molar-refractivity contribution is 0.261. The quantitative estimate of drug-likeness (QED) is 0.872. The van der Waals surface area contributed by atoms with E-state index in [1.165, 1.54) is 0 Å². The summed E-state index contributed by atoms with van der Waals surface area (Å²) in [5.74, 6) is 0.508. The Hall–Kier alpha value is -0.430. The highest BCUT2D eigenvalue weighted by Crippen LogP contribution is 2.31. The standard InChI is InChI=1S/C15H26N2O2S2/c1-4-13-7-6-8-17(11-13)21(18,19)15-9-14(10-16-5-2)20-12(15)3/h9,13,16H,4-8,10-11H2,1-3H3. The molecule has 1 unspecified atom stereocenters. The third-order valence-electron chi connectivity index (χ3n) is 4.15. The molecule has 6 heteroatoms. The Morgan fingerprint density at radius 1 is 1.43 bits per heavy atom. The van der Waals surface area contributed by atoms with E-state index in [-0.39, 0.29) is 0 Å². The van der Waals surface area contributed by atoms with Crippen LogP contribution >= 0.6 is 11.3 Å². The SMILES string of the molecule is CCNCc1cc(S(=O)(=O)N2CCCC(CC)C2)c(C)s1. The highest BCUT2D eigenvalue weighted by Gasteiger charge is 2.31. The Bertz CT molecular complexity index is 566. The molecule has 0 aliphatic carbocycles. The van der Waals surface area contributed by atoms with E-state index in [4.69, 9.17) is 0 Å². The van der Waals surface area contributed by atoms with E-state index in [0.717, 1.165) is 42.1 Å². The van der Waals surface area contributed by atoms with E-state index in [0.29, 0.717) is 23.9 Å². The van der Waals surface area contributed by atoms with Crippen LogP contribution in [-0.4, -0.2) is 32.4 Å². The molecule has 1 aliphatic heterocycles. The van der Waals surface area contributed by atoms with Gasteiger partial charge in [0.05, 0.1) is 4.90 Å². The maximum absolute atomic E-state index is 12.9. The number of nitrogens with one attached hydrogen (secondary N) is 1. The minimum Gasteiger partial charge on any atom is -0.312 e. The van der Waals surface area contributed by atoms with Gasteiger partial charge in [-0.05, 0) is 38.3 Å². The van der Waals surface area contributed by atoms with Crippen LogP contribution < -0.4 is 5.32 Å². The molecule has 1 aliphatic rings. The molecule has 2 rings (SSSR count). The average molecular weight is 331 g/mol. The Kier molecular flexibility index (Phi) is 5.82. The number of hydrogen-bond donors (Lipinski definition) is 1. The van der Waals surface area contributed by atoms with Crippen LogP contribution in [0.25, 0.3) is 0 Å². The van der Waals surface area contributed by atoms with Crippen molar-refractivity contribution >= 4 is 21.4 Å². The number of thiophene rings is 1. The number of rotatable bonds is 6. The van der Waals surface area contributed by atoms with Crippen molar-refractivity contribution < 1.29 is 8.42 Å². The summed E-state index contributed by atoms with van der Waals surface area (Å²) in [6, 6.07) is 1.85. The number of nitrogens with zero attached hydrogens (tertiary/aromatic N) is 1. The number of hydrogen-bond acceptors (Lipinski definition) is 4. The van der Waals surface area contributed by atoms with Crippen molar-refractivity contribution in [3.05, 3.63) is 15.8 Å². The van der Waals surface area contributed by atoms with E-state index in [9.17, 15) is 8.42 Å². The molecule has 0 aromatic carbocycles. The summed E-state index contributed by atoms with van der Waals surface area (Å²) in [4.78, 5) is 2.51. The fourth-order valence-corrected chi connectivity index (χ4v) is 5.96. The summed E-state index contributed by atoms with van der Waals surface area (Å²) >= 11 is 1.58. The molecule has 1 atom stereocenters. The van der Waals surface area contributed by atoms with Crippen LogP contribution in [-0.2, 0) is 16.6 Å². The second-order valence-corrected chi connectivity index (χ2v) is 8.94. The monoisotopic (exact) mass is 330 g/mol. The summed E-state index contributed by atoms with van der Waals surface area (Å²) in [7, 11) is -3.32. The van der Waals surface area contributed by atoms with Crippen molar-refractivity contribution in [3.63, 3.8) is 0 Å². The summed E-state index contributed by atoms with van der Waals surface area (Å²) in [6.07, 6.45) is 3.18. The third-order valence-corrected chi connectivity index (χ3v) is 7.32. The molecule has 0 bridgehead atoms. The van der Waals surface area contributed by atoms with Crippen LogP contribution in [0.5, 0.6) is 0 Å². The predicted octanol–water partition coefficient (Wildman–Crippen LogP) is 2.98. The Balaban J connectivity index is 2.20. The molecule has 1 N–H and O–H groups in total. The summed E-state index contributed by atoms with van der Waals surface area (Å²) < 4.78 is 27.4. The third kappa shape index (κ3) is 3.86. The van der Waals surface area contributed by atoms with Crippen LogP contribution in [0.4, 0.5) is 0 Å². The zero-order chi connectivity index (χ0) is 15.5. The lowest BCUT2D eigenvalue weighted by atomic mass is 9.97.